The lowest BCUT2D eigenvalue weighted by Crippen LogP contribution is -2.42. The topological polar surface area (TPSA) is 32.5 Å². The third-order valence-corrected chi connectivity index (χ3v) is 4.81. The average molecular weight is 309 g/mol. The number of hydrogen-bond acceptors (Lipinski definition) is 3. The molecule has 2 N–H and O–H groups in total. The van der Waals surface area contributed by atoms with Gasteiger partial charge in [0.15, 0.2) is 0 Å². The zero-order valence-electron chi connectivity index (χ0n) is 14.0. The fraction of sp³-hybridized carbons (Fsp3) is 0.400. The second-order valence-corrected chi connectivity index (χ2v) is 6.65. The maximum absolute atomic E-state index is 5.88. The molecule has 0 radical (unpaired) electrons. The summed E-state index contributed by atoms with van der Waals surface area (Å²) < 4.78 is 0. The van der Waals surface area contributed by atoms with Crippen LogP contribution >= 0.6 is 0 Å². The monoisotopic (exact) mass is 309 g/mol. The minimum Gasteiger partial charge on any atom is -0.399 e. The molecule has 0 bridgehead atoms. The van der Waals surface area contributed by atoms with Gasteiger partial charge in [-0.2, -0.15) is 0 Å². The number of hydrogen-bond donors (Lipinski definition) is 1. The molecule has 0 unspecified atom stereocenters. The standard InChI is InChI=1S/C20H27N3/c1-22(15-18-8-5-9-19(21)14-18)20-10-12-23(13-11-20)16-17-6-3-2-4-7-17/h2-9,14,20H,10-13,15-16,21H2,1H3. The second-order valence-electron chi connectivity index (χ2n) is 6.65. The van der Waals surface area contributed by atoms with E-state index in [1.165, 1.54) is 37.1 Å². The van der Waals surface area contributed by atoms with Crippen LogP contribution in [0.1, 0.15) is 24.0 Å². The molecule has 3 rings (SSSR count). The van der Waals surface area contributed by atoms with Gasteiger partial charge in [0.2, 0.25) is 0 Å². The molecule has 1 fully saturated rings. The van der Waals surface area contributed by atoms with E-state index in [-0.39, 0.29) is 0 Å². The van der Waals surface area contributed by atoms with Gasteiger partial charge in [-0.3, -0.25) is 9.80 Å². The van der Waals surface area contributed by atoms with Gasteiger partial charge in [-0.05, 0) is 56.2 Å². The molecule has 3 heteroatoms. The maximum atomic E-state index is 5.88. The van der Waals surface area contributed by atoms with Crippen LogP contribution < -0.4 is 5.73 Å². The Bertz CT molecular complexity index is 603. The molecule has 0 amide bonds. The lowest BCUT2D eigenvalue weighted by molar-refractivity contribution is 0.119. The molecular formula is C20H27N3. The average Bonchev–Trinajstić information content (AvgIpc) is 2.56. The molecule has 0 saturated carbocycles. The Balaban J connectivity index is 1.48. The SMILES string of the molecule is CN(Cc1cccc(N)c1)C1CCN(Cc2ccccc2)CC1. The minimum atomic E-state index is 0.670. The normalized spacial score (nSPS) is 16.8. The predicted octanol–water partition coefficient (Wildman–Crippen LogP) is 3.37. The molecule has 0 atom stereocenters. The summed E-state index contributed by atoms with van der Waals surface area (Å²) in [5.41, 5.74) is 9.45. The van der Waals surface area contributed by atoms with Crippen molar-refractivity contribution in [3.63, 3.8) is 0 Å². The van der Waals surface area contributed by atoms with Crippen LogP contribution in [0.3, 0.4) is 0 Å². The van der Waals surface area contributed by atoms with E-state index in [2.05, 4.69) is 59.3 Å². The zero-order chi connectivity index (χ0) is 16.1. The Labute approximate surface area is 139 Å². The molecular weight excluding hydrogens is 282 g/mol. The van der Waals surface area contributed by atoms with Crippen molar-refractivity contribution in [2.45, 2.75) is 32.0 Å². The number of likely N-dealkylation sites (tertiary alicyclic amines) is 1. The van der Waals surface area contributed by atoms with Crippen LogP contribution in [0, 0.1) is 0 Å². The molecule has 2 aromatic rings. The van der Waals surface area contributed by atoms with Crippen LogP contribution in [0.15, 0.2) is 54.6 Å². The highest BCUT2D eigenvalue weighted by Gasteiger charge is 2.22. The highest BCUT2D eigenvalue weighted by Crippen LogP contribution is 2.19. The van der Waals surface area contributed by atoms with Crippen LogP contribution in [0.2, 0.25) is 0 Å². The summed E-state index contributed by atoms with van der Waals surface area (Å²) in [6.45, 7) is 4.42. The van der Waals surface area contributed by atoms with Crippen LogP contribution in [-0.2, 0) is 13.1 Å². The third kappa shape index (κ3) is 4.57. The molecule has 23 heavy (non-hydrogen) atoms. The Kier molecular flexibility index (Phi) is 5.31. The molecule has 0 aliphatic carbocycles. The summed E-state index contributed by atoms with van der Waals surface area (Å²) in [7, 11) is 2.24. The van der Waals surface area contributed by atoms with Crippen LogP contribution in [0.25, 0.3) is 0 Å². The number of anilines is 1. The van der Waals surface area contributed by atoms with E-state index in [1.807, 2.05) is 12.1 Å². The van der Waals surface area contributed by atoms with Gasteiger partial charge in [-0.25, -0.2) is 0 Å². The summed E-state index contributed by atoms with van der Waals surface area (Å²) in [4.78, 5) is 5.05. The Morgan fingerprint density at radius 1 is 1.00 bits per heavy atom. The number of piperidine rings is 1. The van der Waals surface area contributed by atoms with Gasteiger partial charge in [0.25, 0.3) is 0 Å². The lowest BCUT2D eigenvalue weighted by Gasteiger charge is -2.37. The summed E-state index contributed by atoms with van der Waals surface area (Å²) >= 11 is 0. The quantitative estimate of drug-likeness (QED) is 0.860. The smallest absolute Gasteiger partial charge is 0.0317 e. The van der Waals surface area contributed by atoms with Crippen molar-refractivity contribution in [1.82, 2.24) is 9.80 Å². The number of rotatable bonds is 5. The largest absolute Gasteiger partial charge is 0.399 e. The Morgan fingerprint density at radius 3 is 2.39 bits per heavy atom. The van der Waals surface area contributed by atoms with E-state index in [0.29, 0.717) is 6.04 Å². The summed E-state index contributed by atoms with van der Waals surface area (Å²) in [6.07, 6.45) is 2.48. The second kappa shape index (κ2) is 7.62. The van der Waals surface area contributed by atoms with Crippen molar-refractivity contribution >= 4 is 5.69 Å². The van der Waals surface area contributed by atoms with Gasteiger partial charge in [-0.1, -0.05) is 42.5 Å². The maximum Gasteiger partial charge on any atom is 0.0317 e. The first-order valence-electron chi connectivity index (χ1n) is 8.51. The Morgan fingerprint density at radius 2 is 1.70 bits per heavy atom. The van der Waals surface area contributed by atoms with Gasteiger partial charge in [0, 0.05) is 24.8 Å². The van der Waals surface area contributed by atoms with Gasteiger partial charge < -0.3 is 5.73 Å². The fourth-order valence-electron chi connectivity index (χ4n) is 3.47. The van der Waals surface area contributed by atoms with Crippen molar-refractivity contribution in [3.8, 4) is 0 Å². The number of benzene rings is 2. The molecule has 1 saturated heterocycles. The highest BCUT2D eigenvalue weighted by atomic mass is 15.2. The van der Waals surface area contributed by atoms with Crippen molar-refractivity contribution < 1.29 is 0 Å². The van der Waals surface area contributed by atoms with Crippen LogP contribution in [0.5, 0.6) is 0 Å². The highest BCUT2D eigenvalue weighted by molar-refractivity contribution is 5.40. The van der Waals surface area contributed by atoms with Gasteiger partial charge in [-0.15, -0.1) is 0 Å². The Hall–Kier alpha value is -1.84. The fourth-order valence-corrected chi connectivity index (χ4v) is 3.47. The van der Waals surface area contributed by atoms with Crippen molar-refractivity contribution in [3.05, 3.63) is 65.7 Å². The lowest BCUT2D eigenvalue weighted by atomic mass is 10.0. The first kappa shape index (κ1) is 16.0. The zero-order valence-corrected chi connectivity index (χ0v) is 14.0. The van der Waals surface area contributed by atoms with Crippen LogP contribution in [0.4, 0.5) is 5.69 Å². The molecule has 1 heterocycles. The van der Waals surface area contributed by atoms with Crippen molar-refractivity contribution in [1.29, 1.82) is 0 Å². The van der Waals surface area contributed by atoms with Gasteiger partial charge >= 0.3 is 0 Å². The van der Waals surface area contributed by atoms with E-state index in [1.54, 1.807) is 0 Å². The van der Waals surface area contributed by atoms with Crippen molar-refractivity contribution in [2.24, 2.45) is 0 Å². The van der Waals surface area contributed by atoms with E-state index in [0.717, 1.165) is 18.8 Å². The van der Waals surface area contributed by atoms with E-state index in [4.69, 9.17) is 5.73 Å². The number of nitrogens with zero attached hydrogens (tertiary/aromatic N) is 2. The van der Waals surface area contributed by atoms with Crippen LogP contribution in [-0.4, -0.2) is 36.0 Å². The third-order valence-electron chi connectivity index (χ3n) is 4.81. The molecule has 122 valence electrons. The van der Waals surface area contributed by atoms with Gasteiger partial charge in [0.1, 0.15) is 0 Å². The predicted molar refractivity (Wildman–Crippen MR) is 97.1 cm³/mol. The molecule has 0 aromatic heterocycles. The van der Waals surface area contributed by atoms with Crippen molar-refractivity contribution in [2.75, 3.05) is 25.9 Å². The molecule has 3 nitrogen and oxygen atoms in total. The molecule has 1 aliphatic rings. The molecule has 0 spiro atoms. The summed E-state index contributed by atoms with van der Waals surface area (Å²) in [5.74, 6) is 0. The summed E-state index contributed by atoms with van der Waals surface area (Å²) in [6, 6.07) is 19.7. The molecule has 2 aromatic carbocycles. The van der Waals surface area contributed by atoms with E-state index >= 15 is 0 Å². The summed E-state index contributed by atoms with van der Waals surface area (Å²) in [5, 5.41) is 0. The first-order chi connectivity index (χ1) is 11.2. The van der Waals surface area contributed by atoms with E-state index in [9.17, 15) is 0 Å². The number of nitrogen functional groups attached to an aromatic ring is 1. The van der Waals surface area contributed by atoms with Gasteiger partial charge in [0.05, 0.1) is 0 Å². The minimum absolute atomic E-state index is 0.670. The molecule has 1 aliphatic heterocycles. The first-order valence-corrected chi connectivity index (χ1v) is 8.51. The number of nitrogens with two attached hydrogens (primary N) is 1. The van der Waals surface area contributed by atoms with E-state index < -0.39 is 0 Å².